The third-order valence-corrected chi connectivity index (χ3v) is 2.33. The Morgan fingerprint density at radius 2 is 1.94 bits per heavy atom. The fourth-order valence-corrected chi connectivity index (χ4v) is 1.23. The number of carboxylic acids is 1. The molecule has 0 radical (unpaired) electrons. The topological polar surface area (TPSA) is 78.4 Å². The largest absolute Gasteiger partial charge is 0.480 e. The lowest BCUT2D eigenvalue weighted by Crippen LogP contribution is -2.51. The Labute approximate surface area is 104 Å². The summed E-state index contributed by atoms with van der Waals surface area (Å²) in [6.07, 6.45) is 0. The van der Waals surface area contributed by atoms with E-state index < -0.39 is 23.4 Å². The number of halogens is 1. The number of urea groups is 1. The minimum Gasteiger partial charge on any atom is -0.480 e. The number of amides is 2. The van der Waals surface area contributed by atoms with Crippen molar-refractivity contribution < 1.29 is 19.1 Å². The smallest absolute Gasteiger partial charge is 0.328 e. The SMILES string of the molecule is Cc1ccc(F)c(NC(=O)NC(C)(C)C(=O)O)c1. The summed E-state index contributed by atoms with van der Waals surface area (Å²) in [5.74, 6) is -1.76. The van der Waals surface area contributed by atoms with Crippen LogP contribution in [0.3, 0.4) is 0 Å². The standard InChI is InChI=1S/C12H15FN2O3/c1-7-4-5-8(13)9(6-7)14-11(18)15-12(2,3)10(16)17/h4-6H,1-3H3,(H,16,17)(H2,14,15,18). The zero-order valence-corrected chi connectivity index (χ0v) is 10.4. The molecule has 1 aromatic rings. The van der Waals surface area contributed by atoms with Crippen molar-refractivity contribution in [2.75, 3.05) is 5.32 Å². The zero-order valence-electron chi connectivity index (χ0n) is 10.4. The van der Waals surface area contributed by atoms with Gasteiger partial charge in [-0.25, -0.2) is 14.0 Å². The molecule has 0 spiro atoms. The van der Waals surface area contributed by atoms with Crippen molar-refractivity contribution in [3.8, 4) is 0 Å². The number of carboxylic acid groups (broad SMARTS) is 1. The lowest BCUT2D eigenvalue weighted by atomic mass is 10.1. The maximum absolute atomic E-state index is 13.4. The zero-order chi connectivity index (χ0) is 13.9. The van der Waals surface area contributed by atoms with Crippen LogP contribution >= 0.6 is 0 Å². The van der Waals surface area contributed by atoms with Gasteiger partial charge in [0.05, 0.1) is 5.69 Å². The highest BCUT2D eigenvalue weighted by atomic mass is 19.1. The quantitative estimate of drug-likeness (QED) is 0.773. The fourth-order valence-electron chi connectivity index (χ4n) is 1.23. The minimum atomic E-state index is -1.43. The molecule has 0 bridgehead atoms. The van der Waals surface area contributed by atoms with Crippen molar-refractivity contribution in [1.82, 2.24) is 5.32 Å². The summed E-state index contributed by atoms with van der Waals surface area (Å²) in [6, 6.07) is 3.49. The lowest BCUT2D eigenvalue weighted by Gasteiger charge is -2.21. The molecule has 0 aliphatic rings. The van der Waals surface area contributed by atoms with Crippen molar-refractivity contribution in [3.05, 3.63) is 29.6 Å². The third kappa shape index (κ3) is 3.44. The van der Waals surface area contributed by atoms with Gasteiger partial charge in [-0.05, 0) is 38.5 Å². The van der Waals surface area contributed by atoms with Crippen LogP contribution in [-0.4, -0.2) is 22.6 Å². The number of hydrogen-bond donors (Lipinski definition) is 3. The van der Waals surface area contributed by atoms with Crippen LogP contribution < -0.4 is 10.6 Å². The number of benzene rings is 1. The molecule has 0 fully saturated rings. The van der Waals surface area contributed by atoms with Gasteiger partial charge in [0.25, 0.3) is 0 Å². The Hall–Kier alpha value is -2.11. The van der Waals surface area contributed by atoms with Crippen LogP contribution in [0.2, 0.25) is 0 Å². The monoisotopic (exact) mass is 254 g/mol. The third-order valence-electron chi connectivity index (χ3n) is 2.33. The Morgan fingerprint density at radius 3 is 2.50 bits per heavy atom. The van der Waals surface area contributed by atoms with E-state index in [4.69, 9.17) is 5.11 Å². The van der Waals surface area contributed by atoms with Gasteiger partial charge in [0.1, 0.15) is 11.4 Å². The average molecular weight is 254 g/mol. The van der Waals surface area contributed by atoms with Crippen molar-refractivity contribution in [1.29, 1.82) is 0 Å². The van der Waals surface area contributed by atoms with Crippen LogP contribution in [0.1, 0.15) is 19.4 Å². The van der Waals surface area contributed by atoms with E-state index in [-0.39, 0.29) is 5.69 Å². The number of rotatable bonds is 3. The molecule has 98 valence electrons. The predicted octanol–water partition coefficient (Wildman–Crippen LogP) is 2.12. The molecule has 18 heavy (non-hydrogen) atoms. The molecule has 1 rings (SSSR count). The van der Waals surface area contributed by atoms with Gasteiger partial charge in [0, 0.05) is 0 Å². The highest BCUT2D eigenvalue weighted by Gasteiger charge is 2.29. The van der Waals surface area contributed by atoms with Crippen LogP contribution in [0, 0.1) is 12.7 Å². The van der Waals surface area contributed by atoms with Gasteiger partial charge >= 0.3 is 12.0 Å². The normalized spacial score (nSPS) is 10.9. The van der Waals surface area contributed by atoms with Crippen LogP contribution in [-0.2, 0) is 4.79 Å². The van der Waals surface area contributed by atoms with Gasteiger partial charge in [0.2, 0.25) is 0 Å². The molecule has 0 atom stereocenters. The maximum Gasteiger partial charge on any atom is 0.328 e. The highest BCUT2D eigenvalue weighted by molar-refractivity contribution is 5.93. The number of aliphatic carboxylic acids is 1. The Morgan fingerprint density at radius 1 is 1.33 bits per heavy atom. The Bertz CT molecular complexity index is 486. The van der Waals surface area contributed by atoms with Crippen LogP contribution in [0.15, 0.2) is 18.2 Å². The molecule has 0 aliphatic heterocycles. The van der Waals surface area contributed by atoms with Gasteiger partial charge in [-0.3, -0.25) is 0 Å². The molecule has 3 N–H and O–H groups in total. The second kappa shape index (κ2) is 5.03. The maximum atomic E-state index is 13.4. The number of carbonyl (C=O) groups excluding carboxylic acids is 1. The van der Waals surface area contributed by atoms with E-state index in [2.05, 4.69) is 10.6 Å². The van der Waals surface area contributed by atoms with Gasteiger partial charge in [-0.15, -0.1) is 0 Å². The second-order valence-electron chi connectivity index (χ2n) is 4.49. The summed E-state index contributed by atoms with van der Waals surface area (Å²) in [6.45, 7) is 4.42. The van der Waals surface area contributed by atoms with Gasteiger partial charge in [-0.2, -0.15) is 0 Å². The summed E-state index contributed by atoms with van der Waals surface area (Å²) in [7, 11) is 0. The summed E-state index contributed by atoms with van der Waals surface area (Å²) in [5, 5.41) is 13.3. The molecule has 6 heteroatoms. The van der Waals surface area contributed by atoms with Crippen molar-refractivity contribution >= 4 is 17.7 Å². The minimum absolute atomic E-state index is 0.00805. The number of aryl methyl sites for hydroxylation is 1. The summed E-state index contributed by atoms with van der Waals surface area (Å²) < 4.78 is 13.4. The number of carbonyl (C=O) groups is 2. The molecule has 0 aromatic heterocycles. The summed E-state index contributed by atoms with van der Waals surface area (Å²) >= 11 is 0. The van der Waals surface area contributed by atoms with E-state index in [1.54, 1.807) is 13.0 Å². The van der Waals surface area contributed by atoms with Crippen molar-refractivity contribution in [2.24, 2.45) is 0 Å². The number of nitrogens with one attached hydrogen (secondary N) is 2. The number of anilines is 1. The van der Waals surface area contributed by atoms with Crippen LogP contribution in [0.25, 0.3) is 0 Å². The van der Waals surface area contributed by atoms with Gasteiger partial charge in [0.15, 0.2) is 0 Å². The first-order valence-corrected chi connectivity index (χ1v) is 5.31. The predicted molar refractivity (Wildman–Crippen MR) is 65.0 cm³/mol. The molecule has 0 saturated heterocycles. The number of hydrogen-bond acceptors (Lipinski definition) is 2. The molecule has 0 heterocycles. The Kier molecular flexibility index (Phi) is 3.90. The van der Waals surface area contributed by atoms with E-state index in [1.165, 1.54) is 26.0 Å². The van der Waals surface area contributed by atoms with E-state index in [1.807, 2.05) is 0 Å². The molecular formula is C12H15FN2O3. The second-order valence-corrected chi connectivity index (χ2v) is 4.49. The molecular weight excluding hydrogens is 239 g/mol. The first-order valence-electron chi connectivity index (χ1n) is 5.31. The molecule has 0 saturated carbocycles. The van der Waals surface area contributed by atoms with Crippen LogP contribution in [0.5, 0.6) is 0 Å². The van der Waals surface area contributed by atoms with E-state index in [0.717, 1.165) is 5.56 Å². The van der Waals surface area contributed by atoms with Crippen molar-refractivity contribution in [2.45, 2.75) is 26.3 Å². The fraction of sp³-hybridized carbons (Fsp3) is 0.333. The van der Waals surface area contributed by atoms with E-state index >= 15 is 0 Å². The molecule has 2 amide bonds. The van der Waals surface area contributed by atoms with Gasteiger partial charge < -0.3 is 15.7 Å². The van der Waals surface area contributed by atoms with Crippen molar-refractivity contribution in [3.63, 3.8) is 0 Å². The Balaban J connectivity index is 2.77. The average Bonchev–Trinajstić information content (AvgIpc) is 2.22. The summed E-state index contributed by atoms with van der Waals surface area (Å²) in [5.41, 5.74) is -0.636. The van der Waals surface area contributed by atoms with E-state index in [0.29, 0.717) is 0 Å². The molecule has 5 nitrogen and oxygen atoms in total. The lowest BCUT2D eigenvalue weighted by molar-refractivity contribution is -0.142. The summed E-state index contributed by atoms with van der Waals surface area (Å²) in [4.78, 5) is 22.4. The molecule has 0 aliphatic carbocycles. The van der Waals surface area contributed by atoms with Crippen LogP contribution in [0.4, 0.5) is 14.9 Å². The molecule has 1 aromatic carbocycles. The highest BCUT2D eigenvalue weighted by Crippen LogP contribution is 2.15. The first kappa shape index (κ1) is 14.0. The van der Waals surface area contributed by atoms with Gasteiger partial charge in [-0.1, -0.05) is 6.07 Å². The first-order chi connectivity index (χ1) is 8.22. The molecule has 0 unspecified atom stereocenters. The van der Waals surface area contributed by atoms with E-state index in [9.17, 15) is 14.0 Å².